The predicted octanol–water partition coefficient (Wildman–Crippen LogP) is 2.99. The van der Waals surface area contributed by atoms with Gasteiger partial charge in [-0.1, -0.05) is 6.07 Å². The van der Waals surface area contributed by atoms with Gasteiger partial charge in [0, 0.05) is 23.0 Å². The van der Waals surface area contributed by atoms with Gasteiger partial charge in [-0.05, 0) is 38.5 Å². The highest BCUT2D eigenvalue weighted by Crippen LogP contribution is 2.48. The second-order valence-electron chi connectivity index (χ2n) is 6.50. The van der Waals surface area contributed by atoms with E-state index in [1.807, 2.05) is 20.8 Å². The number of benzene rings is 1. The minimum Gasteiger partial charge on any atom is -0.496 e. The van der Waals surface area contributed by atoms with Crippen molar-refractivity contribution >= 4 is 11.6 Å². The molecule has 2 aromatic rings. The number of nitriles is 1. The zero-order chi connectivity index (χ0) is 20.4. The van der Waals surface area contributed by atoms with E-state index in [0.29, 0.717) is 40.6 Å². The van der Waals surface area contributed by atoms with Gasteiger partial charge in [0.25, 0.3) is 0 Å². The number of aryl methyl sites for hydroxylation is 1. The Bertz CT molecular complexity index is 1020. The second kappa shape index (κ2) is 7.61. The van der Waals surface area contributed by atoms with Crippen LogP contribution >= 0.6 is 0 Å². The molecular weight excluding hydrogens is 356 g/mol. The van der Waals surface area contributed by atoms with Gasteiger partial charge >= 0.3 is 0 Å². The summed E-state index contributed by atoms with van der Waals surface area (Å²) in [5.41, 5.74) is 10.5. The zero-order valence-corrected chi connectivity index (χ0v) is 16.3. The van der Waals surface area contributed by atoms with Crippen molar-refractivity contribution in [3.05, 3.63) is 57.9 Å². The van der Waals surface area contributed by atoms with Gasteiger partial charge in [0.15, 0.2) is 0 Å². The summed E-state index contributed by atoms with van der Waals surface area (Å²) in [5.74, 6) is -0.160. The van der Waals surface area contributed by atoms with E-state index in [-0.39, 0.29) is 0 Å². The average molecular weight is 378 g/mol. The number of nitrogens with one attached hydrogen (secondary N) is 1. The molecule has 0 radical (unpaired) electrons. The van der Waals surface area contributed by atoms with Crippen molar-refractivity contribution in [3.8, 4) is 17.7 Å². The first kappa shape index (κ1) is 19.2. The summed E-state index contributed by atoms with van der Waals surface area (Å²) in [4.78, 5) is 16.8. The van der Waals surface area contributed by atoms with Crippen LogP contribution in [0.4, 0.5) is 5.69 Å². The molecule has 28 heavy (non-hydrogen) atoms. The standard InChI is InChI=1S/C21H22N4O3/c1-5-28-21-18-17(14-7-6-13(9-22)8-15(14)27-4)16(20(23)26)12(3)25-19(18)11(2)10-24-21/h6-8,10,17,25H,5H2,1-4H3,(H2,23,26)/t17-/m0/s1. The molecule has 0 fully saturated rings. The Labute approximate surface area is 163 Å². The molecule has 0 saturated carbocycles. The summed E-state index contributed by atoms with van der Waals surface area (Å²) in [6.45, 7) is 6.04. The molecule has 7 heteroatoms. The maximum atomic E-state index is 12.4. The van der Waals surface area contributed by atoms with Gasteiger partial charge < -0.3 is 20.5 Å². The van der Waals surface area contributed by atoms with Crippen molar-refractivity contribution in [3.63, 3.8) is 0 Å². The molecule has 1 aromatic heterocycles. The van der Waals surface area contributed by atoms with Crippen molar-refractivity contribution in [1.82, 2.24) is 4.98 Å². The van der Waals surface area contributed by atoms with Crippen LogP contribution in [0.25, 0.3) is 0 Å². The van der Waals surface area contributed by atoms with E-state index in [0.717, 1.165) is 16.8 Å². The Hall–Kier alpha value is -3.53. The van der Waals surface area contributed by atoms with Crippen molar-refractivity contribution in [2.24, 2.45) is 5.73 Å². The molecule has 1 aromatic carbocycles. The number of carbonyl (C=O) groups excluding carboxylic acids is 1. The molecule has 1 amide bonds. The van der Waals surface area contributed by atoms with E-state index in [2.05, 4.69) is 16.4 Å². The minimum absolute atomic E-state index is 0.406. The Morgan fingerprint density at radius 3 is 2.75 bits per heavy atom. The highest BCUT2D eigenvalue weighted by molar-refractivity contribution is 5.98. The topological polar surface area (TPSA) is 110 Å². The largest absolute Gasteiger partial charge is 0.496 e. The third-order valence-electron chi connectivity index (χ3n) is 4.78. The van der Waals surface area contributed by atoms with Gasteiger partial charge in [-0.25, -0.2) is 4.98 Å². The molecule has 0 saturated heterocycles. The van der Waals surface area contributed by atoms with Crippen LogP contribution in [0.2, 0.25) is 0 Å². The van der Waals surface area contributed by atoms with Gasteiger partial charge in [0.1, 0.15) is 5.75 Å². The van der Waals surface area contributed by atoms with Gasteiger partial charge in [-0.2, -0.15) is 5.26 Å². The first-order valence-electron chi connectivity index (χ1n) is 8.90. The van der Waals surface area contributed by atoms with Crippen LogP contribution in [0, 0.1) is 18.3 Å². The fourth-order valence-corrected chi connectivity index (χ4v) is 3.57. The molecule has 2 heterocycles. The number of carbonyl (C=O) groups is 1. The number of fused-ring (bicyclic) bond motifs is 1. The van der Waals surface area contributed by atoms with Crippen molar-refractivity contribution < 1.29 is 14.3 Å². The molecular formula is C21H22N4O3. The SMILES string of the molecule is CCOc1ncc(C)c2c1[C@@H](c1ccc(C#N)cc1OC)C(C(N)=O)=C(C)N2. The summed E-state index contributed by atoms with van der Waals surface area (Å²) < 4.78 is 11.3. The van der Waals surface area contributed by atoms with E-state index in [9.17, 15) is 10.1 Å². The van der Waals surface area contributed by atoms with E-state index in [1.54, 1.807) is 24.4 Å². The van der Waals surface area contributed by atoms with Crippen molar-refractivity contribution in [2.45, 2.75) is 26.7 Å². The Morgan fingerprint density at radius 1 is 1.39 bits per heavy atom. The molecule has 3 N–H and O–H groups in total. The molecule has 0 spiro atoms. The maximum Gasteiger partial charge on any atom is 0.247 e. The lowest BCUT2D eigenvalue weighted by molar-refractivity contribution is -0.114. The summed E-state index contributed by atoms with van der Waals surface area (Å²) in [7, 11) is 1.53. The monoisotopic (exact) mass is 378 g/mol. The molecule has 1 aliphatic rings. The number of nitrogens with zero attached hydrogens (tertiary/aromatic N) is 2. The molecule has 0 unspecified atom stereocenters. The molecule has 144 valence electrons. The zero-order valence-electron chi connectivity index (χ0n) is 16.3. The number of rotatable bonds is 5. The number of allylic oxidation sites excluding steroid dienone is 1. The number of aromatic nitrogens is 1. The molecule has 1 atom stereocenters. The number of primary amides is 1. The first-order valence-corrected chi connectivity index (χ1v) is 8.90. The third kappa shape index (κ3) is 3.14. The quantitative estimate of drug-likeness (QED) is 0.827. The summed E-state index contributed by atoms with van der Waals surface area (Å²) >= 11 is 0. The van der Waals surface area contributed by atoms with Gasteiger partial charge in [0.2, 0.25) is 11.8 Å². The molecule has 0 bridgehead atoms. The van der Waals surface area contributed by atoms with Crippen LogP contribution in [0.5, 0.6) is 11.6 Å². The highest BCUT2D eigenvalue weighted by atomic mass is 16.5. The van der Waals surface area contributed by atoms with Crippen LogP contribution < -0.4 is 20.5 Å². The van der Waals surface area contributed by atoms with Crippen molar-refractivity contribution in [2.75, 3.05) is 19.0 Å². The fourth-order valence-electron chi connectivity index (χ4n) is 3.57. The van der Waals surface area contributed by atoms with Crippen molar-refractivity contribution in [1.29, 1.82) is 5.26 Å². The number of methoxy groups -OCH3 is 1. The summed E-state index contributed by atoms with van der Waals surface area (Å²) in [6, 6.07) is 7.22. The third-order valence-corrected chi connectivity index (χ3v) is 4.78. The number of nitrogens with two attached hydrogens (primary N) is 1. The minimum atomic E-state index is -0.545. The number of hydrogen-bond donors (Lipinski definition) is 2. The number of anilines is 1. The van der Waals surface area contributed by atoms with Crippen LogP contribution in [0.3, 0.4) is 0 Å². The van der Waals surface area contributed by atoms with Crippen LogP contribution in [0.1, 0.15) is 42.0 Å². The van der Waals surface area contributed by atoms with Gasteiger partial charge in [0.05, 0.1) is 42.5 Å². The molecule has 7 nitrogen and oxygen atoms in total. The number of pyridine rings is 1. The molecule has 0 aliphatic carbocycles. The Morgan fingerprint density at radius 2 is 2.14 bits per heavy atom. The fraction of sp³-hybridized carbons (Fsp3) is 0.286. The number of hydrogen-bond acceptors (Lipinski definition) is 6. The first-order chi connectivity index (χ1) is 13.4. The van der Waals surface area contributed by atoms with Crippen LogP contribution in [0.15, 0.2) is 35.7 Å². The van der Waals surface area contributed by atoms with Gasteiger partial charge in [-0.15, -0.1) is 0 Å². The highest BCUT2D eigenvalue weighted by Gasteiger charge is 2.36. The van der Waals surface area contributed by atoms with Crippen LogP contribution in [-0.2, 0) is 4.79 Å². The van der Waals surface area contributed by atoms with E-state index >= 15 is 0 Å². The molecule has 3 rings (SSSR count). The summed E-state index contributed by atoms with van der Waals surface area (Å²) in [5, 5.41) is 12.5. The van der Waals surface area contributed by atoms with E-state index in [4.69, 9.17) is 15.2 Å². The number of ether oxygens (including phenoxy) is 2. The maximum absolute atomic E-state index is 12.4. The lowest BCUT2D eigenvalue weighted by Gasteiger charge is -2.32. The number of amides is 1. The predicted molar refractivity (Wildman–Crippen MR) is 105 cm³/mol. The average Bonchev–Trinajstić information content (AvgIpc) is 2.68. The smallest absolute Gasteiger partial charge is 0.247 e. The lowest BCUT2D eigenvalue weighted by atomic mass is 9.79. The lowest BCUT2D eigenvalue weighted by Crippen LogP contribution is -2.28. The second-order valence-corrected chi connectivity index (χ2v) is 6.50. The Balaban J connectivity index is 2.37. The van der Waals surface area contributed by atoms with E-state index in [1.165, 1.54) is 7.11 Å². The summed E-state index contributed by atoms with van der Waals surface area (Å²) in [6.07, 6.45) is 1.73. The van der Waals surface area contributed by atoms with E-state index < -0.39 is 11.8 Å². The molecule has 1 aliphatic heterocycles. The van der Waals surface area contributed by atoms with Gasteiger partial charge in [-0.3, -0.25) is 4.79 Å². The normalized spacial score (nSPS) is 15.3. The Kier molecular flexibility index (Phi) is 5.23. The van der Waals surface area contributed by atoms with Crippen LogP contribution in [-0.4, -0.2) is 24.6 Å².